The number of hydrogen-bond acceptors (Lipinski definition) is 4. The molecule has 0 bridgehead atoms. The second-order valence-electron chi connectivity index (χ2n) is 3.59. The summed E-state index contributed by atoms with van der Waals surface area (Å²) in [6.45, 7) is 0.461. The van der Waals surface area contributed by atoms with Gasteiger partial charge in [0, 0.05) is 6.07 Å². The molecule has 2 aromatic rings. The van der Waals surface area contributed by atoms with Gasteiger partial charge in [-0.1, -0.05) is 12.1 Å². The number of ether oxygens (including phenoxy) is 2. The molecule has 2 rings (SSSR count). The molecule has 0 amide bonds. The van der Waals surface area contributed by atoms with Crippen molar-refractivity contribution in [2.75, 3.05) is 12.8 Å². The highest BCUT2D eigenvalue weighted by Gasteiger charge is 1.98. The second kappa shape index (κ2) is 5.21. The molecule has 17 heavy (non-hydrogen) atoms. The highest BCUT2D eigenvalue weighted by atomic mass is 16.5. The first-order valence-electron chi connectivity index (χ1n) is 5.24. The molecule has 0 aliphatic rings. The molecule has 0 radical (unpaired) electrons. The lowest BCUT2D eigenvalue weighted by atomic mass is 10.2. The van der Waals surface area contributed by atoms with Gasteiger partial charge in [0.1, 0.15) is 18.1 Å². The van der Waals surface area contributed by atoms with Crippen molar-refractivity contribution in [3.63, 3.8) is 0 Å². The maximum absolute atomic E-state index is 5.61. The van der Waals surface area contributed by atoms with Gasteiger partial charge in [0.05, 0.1) is 25.2 Å². The summed E-state index contributed by atoms with van der Waals surface area (Å²) in [6.07, 6.45) is 3.22. The van der Waals surface area contributed by atoms with E-state index in [0.29, 0.717) is 18.0 Å². The maximum atomic E-state index is 5.61. The summed E-state index contributed by atoms with van der Waals surface area (Å²) in [6, 6.07) is 9.47. The number of nitrogen functional groups attached to an aromatic ring is 1. The predicted molar refractivity (Wildman–Crippen MR) is 66.0 cm³/mol. The van der Waals surface area contributed by atoms with Crippen molar-refractivity contribution in [2.24, 2.45) is 0 Å². The van der Waals surface area contributed by atoms with Crippen molar-refractivity contribution in [2.45, 2.75) is 6.61 Å². The number of methoxy groups -OCH3 is 1. The molecule has 88 valence electrons. The van der Waals surface area contributed by atoms with E-state index in [4.69, 9.17) is 15.2 Å². The van der Waals surface area contributed by atoms with E-state index in [1.54, 1.807) is 25.6 Å². The summed E-state index contributed by atoms with van der Waals surface area (Å²) in [5.41, 5.74) is 7.24. The lowest BCUT2D eigenvalue weighted by Crippen LogP contribution is -1.97. The van der Waals surface area contributed by atoms with Crippen molar-refractivity contribution in [3.8, 4) is 11.5 Å². The van der Waals surface area contributed by atoms with Gasteiger partial charge in [-0.2, -0.15) is 0 Å². The number of benzene rings is 1. The average molecular weight is 230 g/mol. The Morgan fingerprint density at radius 3 is 2.82 bits per heavy atom. The Labute approximate surface area is 100 Å². The lowest BCUT2D eigenvalue weighted by molar-refractivity contribution is 0.304. The molecule has 0 saturated carbocycles. The number of aromatic nitrogens is 1. The van der Waals surface area contributed by atoms with Crippen LogP contribution in [-0.4, -0.2) is 12.1 Å². The second-order valence-corrected chi connectivity index (χ2v) is 3.59. The summed E-state index contributed by atoms with van der Waals surface area (Å²) < 4.78 is 10.7. The number of rotatable bonds is 4. The van der Waals surface area contributed by atoms with Gasteiger partial charge in [0.15, 0.2) is 0 Å². The van der Waals surface area contributed by atoms with Crippen molar-refractivity contribution >= 4 is 5.69 Å². The minimum absolute atomic E-state index is 0.461. The summed E-state index contributed by atoms with van der Waals surface area (Å²) in [7, 11) is 1.64. The van der Waals surface area contributed by atoms with Gasteiger partial charge in [-0.15, -0.1) is 0 Å². The number of pyridine rings is 1. The summed E-state index contributed by atoms with van der Waals surface area (Å²) in [5.74, 6) is 1.48. The molecular weight excluding hydrogens is 216 g/mol. The Bertz CT molecular complexity index is 500. The molecule has 0 spiro atoms. The zero-order chi connectivity index (χ0) is 12.1. The van der Waals surface area contributed by atoms with Crippen LogP contribution in [0.3, 0.4) is 0 Å². The van der Waals surface area contributed by atoms with Gasteiger partial charge in [-0.3, -0.25) is 4.98 Å². The van der Waals surface area contributed by atoms with E-state index in [0.717, 1.165) is 11.3 Å². The van der Waals surface area contributed by atoms with Crippen LogP contribution in [0.5, 0.6) is 11.5 Å². The monoisotopic (exact) mass is 230 g/mol. The zero-order valence-electron chi connectivity index (χ0n) is 9.59. The van der Waals surface area contributed by atoms with Crippen LogP contribution in [0, 0.1) is 0 Å². The number of nitrogens with two attached hydrogens (primary N) is 1. The zero-order valence-corrected chi connectivity index (χ0v) is 9.59. The first-order valence-corrected chi connectivity index (χ1v) is 5.24. The Morgan fingerprint density at radius 1 is 1.18 bits per heavy atom. The molecule has 4 nitrogen and oxygen atoms in total. The molecule has 1 aromatic carbocycles. The highest BCUT2D eigenvalue weighted by Crippen LogP contribution is 2.17. The van der Waals surface area contributed by atoms with Gasteiger partial charge < -0.3 is 15.2 Å². The fourth-order valence-corrected chi connectivity index (χ4v) is 1.44. The normalized spacial score (nSPS) is 9.94. The topological polar surface area (TPSA) is 57.4 Å². The maximum Gasteiger partial charge on any atom is 0.140 e. The molecule has 0 fully saturated rings. The smallest absolute Gasteiger partial charge is 0.140 e. The van der Waals surface area contributed by atoms with Gasteiger partial charge in [0.2, 0.25) is 0 Å². The van der Waals surface area contributed by atoms with E-state index in [9.17, 15) is 0 Å². The summed E-state index contributed by atoms with van der Waals surface area (Å²) in [5, 5.41) is 0. The highest BCUT2D eigenvalue weighted by molar-refractivity contribution is 5.40. The van der Waals surface area contributed by atoms with Crippen LogP contribution in [0.4, 0.5) is 5.69 Å². The Hall–Kier alpha value is -2.23. The minimum Gasteiger partial charge on any atom is -0.497 e. The lowest BCUT2D eigenvalue weighted by Gasteiger charge is -2.07. The van der Waals surface area contributed by atoms with Crippen LogP contribution in [0.2, 0.25) is 0 Å². The number of hydrogen-bond donors (Lipinski definition) is 1. The van der Waals surface area contributed by atoms with Crippen LogP contribution < -0.4 is 15.2 Å². The van der Waals surface area contributed by atoms with Crippen molar-refractivity contribution in [3.05, 3.63) is 48.3 Å². The predicted octanol–water partition coefficient (Wildman–Crippen LogP) is 2.25. The SMILES string of the molecule is COc1cccc(COc2cncc(N)c2)c1. The van der Waals surface area contributed by atoms with Crippen LogP contribution in [0.1, 0.15) is 5.56 Å². The standard InChI is InChI=1S/C13H14N2O2/c1-16-12-4-2-3-10(5-12)9-17-13-6-11(14)7-15-8-13/h2-8H,9,14H2,1H3. The van der Waals surface area contributed by atoms with Crippen LogP contribution in [0.15, 0.2) is 42.7 Å². The number of anilines is 1. The van der Waals surface area contributed by atoms with Gasteiger partial charge in [-0.05, 0) is 17.7 Å². The van der Waals surface area contributed by atoms with Crippen LogP contribution in [0.25, 0.3) is 0 Å². The van der Waals surface area contributed by atoms with Crippen LogP contribution in [-0.2, 0) is 6.61 Å². The van der Waals surface area contributed by atoms with E-state index in [1.807, 2.05) is 24.3 Å². The third-order valence-corrected chi connectivity index (χ3v) is 2.27. The molecule has 1 heterocycles. The quantitative estimate of drug-likeness (QED) is 0.875. The van der Waals surface area contributed by atoms with Crippen molar-refractivity contribution in [1.82, 2.24) is 4.98 Å². The molecule has 0 unspecified atom stereocenters. The molecule has 0 atom stereocenters. The first kappa shape index (κ1) is 11.3. The third-order valence-electron chi connectivity index (χ3n) is 2.27. The van der Waals surface area contributed by atoms with Crippen LogP contribution >= 0.6 is 0 Å². The van der Waals surface area contributed by atoms with E-state index < -0.39 is 0 Å². The fourth-order valence-electron chi connectivity index (χ4n) is 1.44. The fraction of sp³-hybridized carbons (Fsp3) is 0.154. The van der Waals surface area contributed by atoms with Crippen molar-refractivity contribution in [1.29, 1.82) is 0 Å². The van der Waals surface area contributed by atoms with Crippen molar-refractivity contribution < 1.29 is 9.47 Å². The van der Waals surface area contributed by atoms with E-state index in [1.165, 1.54) is 0 Å². The molecular formula is C13H14N2O2. The van der Waals surface area contributed by atoms with E-state index in [2.05, 4.69) is 4.98 Å². The third kappa shape index (κ3) is 3.11. The summed E-state index contributed by atoms with van der Waals surface area (Å²) in [4.78, 5) is 3.96. The average Bonchev–Trinajstić information content (AvgIpc) is 2.37. The van der Waals surface area contributed by atoms with Gasteiger partial charge >= 0.3 is 0 Å². The van der Waals surface area contributed by atoms with E-state index in [-0.39, 0.29) is 0 Å². The Kier molecular flexibility index (Phi) is 3.45. The molecule has 2 N–H and O–H groups in total. The first-order chi connectivity index (χ1) is 8.28. The number of nitrogens with zero attached hydrogens (tertiary/aromatic N) is 1. The summed E-state index contributed by atoms with van der Waals surface area (Å²) >= 11 is 0. The molecule has 0 aliphatic carbocycles. The Morgan fingerprint density at radius 2 is 2.06 bits per heavy atom. The molecule has 0 aliphatic heterocycles. The van der Waals surface area contributed by atoms with Gasteiger partial charge in [-0.25, -0.2) is 0 Å². The molecule has 1 aromatic heterocycles. The minimum atomic E-state index is 0.461. The molecule has 4 heteroatoms. The van der Waals surface area contributed by atoms with Gasteiger partial charge in [0.25, 0.3) is 0 Å². The van der Waals surface area contributed by atoms with E-state index >= 15 is 0 Å². The molecule has 0 saturated heterocycles. The Balaban J connectivity index is 2.02. The largest absolute Gasteiger partial charge is 0.497 e.